The van der Waals surface area contributed by atoms with Crippen LogP contribution in [-0.2, 0) is 6.42 Å². The van der Waals surface area contributed by atoms with Gasteiger partial charge in [0.25, 0.3) is 0 Å². The molecule has 128 valence electrons. The lowest BCUT2D eigenvalue weighted by atomic mass is 10.1. The molecule has 0 fully saturated rings. The van der Waals surface area contributed by atoms with E-state index < -0.39 is 0 Å². The second-order valence-electron chi connectivity index (χ2n) is 5.87. The Labute approximate surface area is 151 Å². The molecule has 0 aliphatic heterocycles. The van der Waals surface area contributed by atoms with Gasteiger partial charge in [-0.2, -0.15) is 0 Å². The third kappa shape index (κ3) is 8.00. The summed E-state index contributed by atoms with van der Waals surface area (Å²) >= 11 is 0. The van der Waals surface area contributed by atoms with Gasteiger partial charge in [0.05, 0.1) is 5.69 Å². The zero-order valence-corrected chi connectivity index (χ0v) is 16.9. The molecule has 0 saturated carbocycles. The molecule has 1 rings (SSSR count). The molecule has 0 spiro atoms. The summed E-state index contributed by atoms with van der Waals surface area (Å²) in [5, 5.41) is 10.7. The number of nitrogens with one attached hydrogen (secondary N) is 2. The zero-order chi connectivity index (χ0) is 15.7. The van der Waals surface area contributed by atoms with Gasteiger partial charge in [-0.1, -0.05) is 31.8 Å². The summed E-state index contributed by atoms with van der Waals surface area (Å²) in [6.07, 6.45) is 4.64. The lowest BCUT2D eigenvalue weighted by Gasteiger charge is -2.12. The van der Waals surface area contributed by atoms with Gasteiger partial charge >= 0.3 is 0 Å². The molecular weight excluding hydrogens is 391 g/mol. The fourth-order valence-corrected chi connectivity index (χ4v) is 2.27. The molecular formula is C16H31IN4O. The van der Waals surface area contributed by atoms with Gasteiger partial charge in [0.15, 0.2) is 5.96 Å². The van der Waals surface area contributed by atoms with Crippen molar-refractivity contribution in [2.45, 2.75) is 53.4 Å². The molecule has 6 heteroatoms. The molecule has 0 saturated heterocycles. The van der Waals surface area contributed by atoms with Gasteiger partial charge in [0.2, 0.25) is 0 Å². The first-order valence-electron chi connectivity index (χ1n) is 7.90. The fourth-order valence-electron chi connectivity index (χ4n) is 2.27. The van der Waals surface area contributed by atoms with Gasteiger partial charge in [-0.15, -0.1) is 24.0 Å². The summed E-state index contributed by atoms with van der Waals surface area (Å²) in [5.41, 5.74) is 2.17. The van der Waals surface area contributed by atoms with Gasteiger partial charge < -0.3 is 15.2 Å². The minimum Gasteiger partial charge on any atom is -0.361 e. The number of hydrogen-bond acceptors (Lipinski definition) is 3. The molecule has 0 atom stereocenters. The van der Waals surface area contributed by atoms with Crippen molar-refractivity contribution in [1.82, 2.24) is 15.8 Å². The molecule has 0 aliphatic carbocycles. The lowest BCUT2D eigenvalue weighted by molar-refractivity contribution is 0.392. The minimum absolute atomic E-state index is 0. The van der Waals surface area contributed by atoms with E-state index in [1.165, 1.54) is 24.8 Å². The number of nitrogens with zero attached hydrogens (tertiary/aromatic N) is 2. The SMILES string of the molecule is CN=C(NCCCCC(C)C)NCCc1c(C)noc1C.I. The van der Waals surface area contributed by atoms with E-state index in [1.54, 1.807) is 7.05 Å². The predicted octanol–water partition coefficient (Wildman–Crippen LogP) is 3.44. The van der Waals surface area contributed by atoms with Crippen LogP contribution in [0.1, 0.15) is 50.1 Å². The average Bonchev–Trinajstić information content (AvgIpc) is 2.76. The number of aliphatic imine (C=N–C) groups is 1. The highest BCUT2D eigenvalue weighted by molar-refractivity contribution is 14.0. The number of guanidine groups is 1. The number of rotatable bonds is 8. The van der Waals surface area contributed by atoms with Crippen molar-refractivity contribution in [1.29, 1.82) is 0 Å². The Morgan fingerprint density at radius 1 is 1.18 bits per heavy atom. The predicted molar refractivity (Wildman–Crippen MR) is 103 cm³/mol. The van der Waals surface area contributed by atoms with Gasteiger partial charge in [0, 0.05) is 25.7 Å². The van der Waals surface area contributed by atoms with Crippen LogP contribution in [0.15, 0.2) is 9.52 Å². The summed E-state index contributed by atoms with van der Waals surface area (Å²) in [4.78, 5) is 4.24. The summed E-state index contributed by atoms with van der Waals surface area (Å²) < 4.78 is 5.17. The normalized spacial score (nSPS) is 11.5. The van der Waals surface area contributed by atoms with E-state index in [1.807, 2.05) is 13.8 Å². The van der Waals surface area contributed by atoms with Crippen LogP contribution in [0.5, 0.6) is 0 Å². The molecule has 1 aromatic rings. The standard InChI is InChI=1S/C16H30N4O.HI/c1-12(2)8-6-7-10-18-16(17-5)19-11-9-15-13(3)20-21-14(15)4;/h12H,6-11H2,1-5H3,(H2,17,18,19);1H. The second kappa shape index (κ2) is 11.7. The average molecular weight is 422 g/mol. The lowest BCUT2D eigenvalue weighted by Crippen LogP contribution is -2.38. The van der Waals surface area contributed by atoms with Crippen LogP contribution < -0.4 is 10.6 Å². The van der Waals surface area contributed by atoms with Crippen molar-refractivity contribution >= 4 is 29.9 Å². The maximum atomic E-state index is 5.17. The third-order valence-corrected chi connectivity index (χ3v) is 3.57. The summed E-state index contributed by atoms with van der Waals surface area (Å²) in [5.74, 6) is 2.56. The van der Waals surface area contributed by atoms with Gasteiger partial charge in [0.1, 0.15) is 5.76 Å². The number of unbranched alkanes of at least 4 members (excludes halogenated alkanes) is 1. The first-order valence-corrected chi connectivity index (χ1v) is 7.90. The van der Waals surface area contributed by atoms with Gasteiger partial charge in [-0.25, -0.2) is 0 Å². The van der Waals surface area contributed by atoms with Crippen LogP contribution in [0.25, 0.3) is 0 Å². The Hall–Kier alpha value is -0.790. The molecule has 1 heterocycles. The largest absolute Gasteiger partial charge is 0.361 e. The Bertz CT molecular complexity index is 424. The van der Waals surface area contributed by atoms with Crippen molar-refractivity contribution < 1.29 is 4.52 Å². The number of halogens is 1. The molecule has 0 radical (unpaired) electrons. The van der Waals surface area contributed by atoms with Crippen molar-refractivity contribution in [3.8, 4) is 0 Å². The smallest absolute Gasteiger partial charge is 0.190 e. The Morgan fingerprint density at radius 3 is 2.41 bits per heavy atom. The first kappa shape index (κ1) is 21.2. The zero-order valence-electron chi connectivity index (χ0n) is 14.5. The molecule has 1 aromatic heterocycles. The van der Waals surface area contributed by atoms with Crippen molar-refractivity contribution in [3.63, 3.8) is 0 Å². The van der Waals surface area contributed by atoms with Crippen LogP contribution in [0.2, 0.25) is 0 Å². The third-order valence-electron chi connectivity index (χ3n) is 3.57. The van der Waals surface area contributed by atoms with E-state index in [4.69, 9.17) is 4.52 Å². The molecule has 2 N–H and O–H groups in total. The topological polar surface area (TPSA) is 62.5 Å². The summed E-state index contributed by atoms with van der Waals surface area (Å²) in [6, 6.07) is 0. The van der Waals surface area contributed by atoms with Crippen LogP contribution in [0.4, 0.5) is 0 Å². The highest BCUT2D eigenvalue weighted by atomic mass is 127. The van der Waals surface area contributed by atoms with E-state index in [-0.39, 0.29) is 24.0 Å². The second-order valence-corrected chi connectivity index (χ2v) is 5.87. The van der Waals surface area contributed by atoms with Crippen LogP contribution in [0.3, 0.4) is 0 Å². The molecule has 0 bridgehead atoms. The molecule has 0 unspecified atom stereocenters. The number of aryl methyl sites for hydroxylation is 2. The van der Waals surface area contributed by atoms with Gasteiger partial charge in [-0.3, -0.25) is 4.99 Å². The summed E-state index contributed by atoms with van der Waals surface area (Å²) in [6.45, 7) is 10.3. The number of aromatic nitrogens is 1. The molecule has 0 amide bonds. The summed E-state index contributed by atoms with van der Waals surface area (Å²) in [7, 11) is 1.80. The van der Waals surface area contributed by atoms with Crippen LogP contribution >= 0.6 is 24.0 Å². The Balaban J connectivity index is 0.00000441. The van der Waals surface area contributed by atoms with Crippen molar-refractivity contribution in [2.75, 3.05) is 20.1 Å². The van der Waals surface area contributed by atoms with E-state index in [0.717, 1.165) is 42.8 Å². The van der Waals surface area contributed by atoms with E-state index in [0.29, 0.717) is 0 Å². The molecule has 22 heavy (non-hydrogen) atoms. The van der Waals surface area contributed by atoms with Crippen LogP contribution in [0, 0.1) is 19.8 Å². The van der Waals surface area contributed by atoms with Crippen molar-refractivity contribution in [2.24, 2.45) is 10.9 Å². The van der Waals surface area contributed by atoms with Crippen molar-refractivity contribution in [3.05, 3.63) is 17.0 Å². The Morgan fingerprint density at radius 2 is 1.86 bits per heavy atom. The van der Waals surface area contributed by atoms with Crippen LogP contribution in [-0.4, -0.2) is 31.3 Å². The first-order chi connectivity index (χ1) is 10.0. The maximum absolute atomic E-state index is 5.17. The molecule has 5 nitrogen and oxygen atoms in total. The van der Waals surface area contributed by atoms with Gasteiger partial charge in [-0.05, 0) is 32.6 Å². The fraction of sp³-hybridized carbons (Fsp3) is 0.750. The van der Waals surface area contributed by atoms with E-state index in [9.17, 15) is 0 Å². The quantitative estimate of drug-likeness (QED) is 0.292. The van der Waals surface area contributed by atoms with E-state index >= 15 is 0 Å². The maximum Gasteiger partial charge on any atom is 0.190 e. The Kier molecular flexibility index (Phi) is 11.3. The molecule has 0 aromatic carbocycles. The highest BCUT2D eigenvalue weighted by Gasteiger charge is 2.08. The highest BCUT2D eigenvalue weighted by Crippen LogP contribution is 2.11. The monoisotopic (exact) mass is 422 g/mol. The minimum atomic E-state index is 0. The molecule has 0 aliphatic rings. The van der Waals surface area contributed by atoms with E-state index in [2.05, 4.69) is 34.6 Å². The number of hydrogen-bond donors (Lipinski definition) is 2.